The van der Waals surface area contributed by atoms with Crippen molar-refractivity contribution in [3.05, 3.63) is 132 Å². The van der Waals surface area contributed by atoms with E-state index in [1.807, 2.05) is 49.4 Å². The van der Waals surface area contributed by atoms with E-state index in [4.69, 9.17) is 28.1 Å². The highest BCUT2D eigenvalue weighted by atomic mass is 16.7. The first-order valence-electron chi connectivity index (χ1n) is 15.4. The van der Waals surface area contributed by atoms with Crippen molar-refractivity contribution in [2.24, 2.45) is 0 Å². The van der Waals surface area contributed by atoms with Gasteiger partial charge in [-0.15, -0.1) is 0 Å². The normalized spacial score (nSPS) is 10.8. The number of ether oxygens (including phenoxy) is 5. The van der Waals surface area contributed by atoms with E-state index in [0.717, 1.165) is 6.42 Å². The molecule has 0 amide bonds. The molecule has 0 aliphatic rings. The zero-order valence-electron chi connectivity index (χ0n) is 26.1. The topological polar surface area (TPSA) is 114 Å². The minimum atomic E-state index is -0.601. The van der Waals surface area contributed by atoms with Crippen molar-refractivity contribution in [3.63, 3.8) is 0 Å². The first kappa shape index (κ1) is 31.7. The first-order valence-corrected chi connectivity index (χ1v) is 15.4. The Labute approximate surface area is 276 Å². The molecule has 1 aromatic heterocycles. The molecule has 0 radical (unpaired) electrons. The summed E-state index contributed by atoms with van der Waals surface area (Å²) in [5.41, 5.74) is -0.143. The van der Waals surface area contributed by atoms with Gasteiger partial charge in [-0.25, -0.2) is 0 Å². The summed E-state index contributed by atoms with van der Waals surface area (Å²) >= 11 is 0. The summed E-state index contributed by atoms with van der Waals surface area (Å²) in [6.07, 6.45) is 1.84. The lowest BCUT2D eigenvalue weighted by Gasteiger charge is -2.16. The van der Waals surface area contributed by atoms with Crippen LogP contribution < -0.4 is 24.4 Å². The minimum Gasteiger partial charge on any atom is -0.507 e. The number of esters is 1. The average molecular weight is 645 g/mol. The van der Waals surface area contributed by atoms with Crippen LogP contribution >= 0.6 is 0 Å². The summed E-state index contributed by atoms with van der Waals surface area (Å²) in [5, 5.41) is 10.9. The van der Waals surface area contributed by atoms with E-state index in [1.165, 1.54) is 12.1 Å². The summed E-state index contributed by atoms with van der Waals surface area (Å²) in [5.74, 6) is 1.47. The van der Waals surface area contributed by atoms with Crippen LogP contribution in [0.2, 0.25) is 0 Å². The minimum absolute atomic E-state index is 0.0589. The van der Waals surface area contributed by atoms with Crippen LogP contribution in [0.4, 0.5) is 0 Å². The number of aromatic hydroxyl groups is 1. The van der Waals surface area contributed by atoms with Crippen molar-refractivity contribution in [2.75, 3.05) is 6.79 Å². The highest BCUT2D eigenvalue weighted by Crippen LogP contribution is 2.42. The van der Waals surface area contributed by atoms with Crippen molar-refractivity contribution in [1.82, 2.24) is 0 Å². The highest BCUT2D eigenvalue weighted by molar-refractivity contribution is 5.88. The maximum absolute atomic E-state index is 14.0. The van der Waals surface area contributed by atoms with Gasteiger partial charge in [-0.3, -0.25) is 9.59 Å². The second-order valence-corrected chi connectivity index (χ2v) is 10.7. The largest absolute Gasteiger partial charge is 0.507 e. The SMILES string of the molecule is CCCCC(=O)OCOc1cc(-c2oc3cc(Oc4ccccc4)cc(O)c3c(=O)c2Oc2ccccc2)ccc1Oc1ccccc1. The third-order valence-corrected chi connectivity index (χ3v) is 7.19. The molecule has 0 bridgehead atoms. The molecule has 0 aliphatic heterocycles. The number of hydrogen-bond acceptors (Lipinski definition) is 9. The third-order valence-electron chi connectivity index (χ3n) is 7.19. The van der Waals surface area contributed by atoms with Crippen molar-refractivity contribution >= 4 is 16.9 Å². The van der Waals surface area contributed by atoms with E-state index in [0.29, 0.717) is 35.0 Å². The van der Waals surface area contributed by atoms with Crippen LogP contribution in [0.15, 0.2) is 131 Å². The maximum atomic E-state index is 14.0. The van der Waals surface area contributed by atoms with E-state index in [9.17, 15) is 14.7 Å². The summed E-state index contributed by atoms with van der Waals surface area (Å²) in [7, 11) is 0. The second kappa shape index (κ2) is 14.9. The Morgan fingerprint density at radius 1 is 0.708 bits per heavy atom. The molecule has 0 unspecified atom stereocenters. The lowest BCUT2D eigenvalue weighted by Crippen LogP contribution is -2.11. The molecule has 1 heterocycles. The van der Waals surface area contributed by atoms with Gasteiger partial charge in [-0.1, -0.05) is 67.9 Å². The Morgan fingerprint density at radius 3 is 1.98 bits per heavy atom. The molecule has 0 saturated carbocycles. The van der Waals surface area contributed by atoms with Crippen LogP contribution in [0, 0.1) is 0 Å². The fourth-order valence-corrected chi connectivity index (χ4v) is 4.84. The fraction of sp³-hybridized carbons (Fsp3) is 0.128. The van der Waals surface area contributed by atoms with Gasteiger partial charge in [-0.2, -0.15) is 0 Å². The van der Waals surface area contributed by atoms with Gasteiger partial charge in [0, 0.05) is 24.1 Å². The number of phenolic OH excluding ortho intramolecular Hbond substituents is 1. The molecular formula is C39H32O9. The lowest BCUT2D eigenvalue weighted by atomic mass is 10.1. The van der Waals surface area contributed by atoms with Gasteiger partial charge in [0.2, 0.25) is 18.0 Å². The molecule has 1 N–H and O–H groups in total. The Balaban J connectivity index is 1.45. The van der Waals surface area contributed by atoms with Crippen LogP contribution in [0.25, 0.3) is 22.3 Å². The number of phenols is 1. The molecule has 0 atom stereocenters. The predicted octanol–water partition coefficient (Wildman–Crippen LogP) is 9.61. The zero-order chi connectivity index (χ0) is 33.3. The quantitative estimate of drug-likeness (QED) is 0.0969. The third kappa shape index (κ3) is 7.59. The lowest BCUT2D eigenvalue weighted by molar-refractivity contribution is -0.150. The van der Waals surface area contributed by atoms with Crippen LogP contribution in [-0.2, 0) is 9.53 Å². The first-order chi connectivity index (χ1) is 23.5. The van der Waals surface area contributed by atoms with E-state index in [1.54, 1.807) is 66.7 Å². The molecule has 242 valence electrons. The number of unbranched alkanes of at least 4 members (excludes halogenated alkanes) is 1. The van der Waals surface area contributed by atoms with Gasteiger partial charge < -0.3 is 33.2 Å². The highest BCUT2D eigenvalue weighted by Gasteiger charge is 2.23. The molecular weight excluding hydrogens is 612 g/mol. The number of para-hydroxylation sites is 3. The van der Waals surface area contributed by atoms with Crippen LogP contribution in [0.5, 0.6) is 46.0 Å². The van der Waals surface area contributed by atoms with Crippen molar-refractivity contribution < 1.29 is 38.0 Å². The Kier molecular flexibility index (Phi) is 9.86. The number of benzene rings is 5. The smallest absolute Gasteiger partial charge is 0.308 e. The van der Waals surface area contributed by atoms with Gasteiger partial charge in [0.1, 0.15) is 39.7 Å². The van der Waals surface area contributed by atoms with Gasteiger partial charge in [0.05, 0.1) is 0 Å². The number of hydrogen-bond donors (Lipinski definition) is 1. The molecule has 5 aromatic carbocycles. The van der Waals surface area contributed by atoms with Crippen molar-refractivity contribution in [1.29, 1.82) is 0 Å². The van der Waals surface area contributed by atoms with Crippen molar-refractivity contribution in [3.8, 4) is 57.3 Å². The van der Waals surface area contributed by atoms with E-state index in [2.05, 4.69) is 0 Å². The van der Waals surface area contributed by atoms with E-state index < -0.39 is 5.43 Å². The molecule has 0 spiro atoms. The monoisotopic (exact) mass is 644 g/mol. The summed E-state index contributed by atoms with van der Waals surface area (Å²) in [4.78, 5) is 26.2. The molecule has 6 aromatic rings. The van der Waals surface area contributed by atoms with Crippen LogP contribution in [0.3, 0.4) is 0 Å². The fourth-order valence-electron chi connectivity index (χ4n) is 4.84. The number of carbonyl (C=O) groups excluding carboxylic acids is 1. The second-order valence-electron chi connectivity index (χ2n) is 10.7. The van der Waals surface area contributed by atoms with Gasteiger partial charge >= 0.3 is 5.97 Å². The summed E-state index contributed by atoms with van der Waals surface area (Å²) in [6.45, 7) is 1.63. The number of rotatable bonds is 13. The molecule has 0 saturated heterocycles. The molecule has 9 nitrogen and oxygen atoms in total. The van der Waals surface area contributed by atoms with Crippen LogP contribution in [-0.4, -0.2) is 17.9 Å². The molecule has 0 fully saturated rings. The van der Waals surface area contributed by atoms with Crippen LogP contribution in [0.1, 0.15) is 26.2 Å². The molecule has 9 heteroatoms. The summed E-state index contributed by atoms with van der Waals surface area (Å²) < 4.78 is 35.7. The summed E-state index contributed by atoms with van der Waals surface area (Å²) in [6, 6.07) is 34.7. The number of fused-ring (bicyclic) bond motifs is 1. The number of carbonyl (C=O) groups is 1. The molecule has 0 aliphatic carbocycles. The zero-order valence-corrected chi connectivity index (χ0v) is 26.1. The Bertz CT molecular complexity index is 2060. The maximum Gasteiger partial charge on any atom is 0.308 e. The van der Waals surface area contributed by atoms with Gasteiger partial charge in [0.15, 0.2) is 17.3 Å². The van der Waals surface area contributed by atoms with E-state index >= 15 is 0 Å². The molecule has 6 rings (SSSR count). The molecule has 48 heavy (non-hydrogen) atoms. The average Bonchev–Trinajstić information content (AvgIpc) is 3.10. The Hall–Kier alpha value is -6.22. The van der Waals surface area contributed by atoms with Crippen molar-refractivity contribution in [2.45, 2.75) is 26.2 Å². The van der Waals surface area contributed by atoms with E-state index in [-0.39, 0.29) is 58.9 Å². The standard InChI is InChI=1S/C39H32O9/c1-2-3-19-35(41)44-25-43-33-22-26(20-21-32(33)46-28-15-9-5-10-16-28)38-39(47-29-17-11-6-12-18-29)37(42)36-31(40)23-30(24-34(36)48-38)45-27-13-7-4-8-14-27/h4-18,20-24,40H,2-3,19,25H2,1H3. The Morgan fingerprint density at radius 2 is 1.33 bits per heavy atom. The van der Waals surface area contributed by atoms with Gasteiger partial charge in [-0.05, 0) is 61.0 Å². The predicted molar refractivity (Wildman–Crippen MR) is 180 cm³/mol. The van der Waals surface area contributed by atoms with Gasteiger partial charge in [0.25, 0.3) is 0 Å².